The molecule has 3 atom stereocenters. The Balaban J connectivity index is 1.37. The summed E-state index contributed by atoms with van der Waals surface area (Å²) in [7, 11) is 1.35. The molecule has 3 fully saturated rings. The van der Waals surface area contributed by atoms with Crippen LogP contribution in [0, 0.1) is 17.6 Å². The number of alkyl halides is 1. The third-order valence-corrected chi connectivity index (χ3v) is 9.89. The Hall–Kier alpha value is -4.19. The van der Waals surface area contributed by atoms with Crippen molar-refractivity contribution in [3.05, 3.63) is 47.7 Å². The Morgan fingerprint density at radius 2 is 2.00 bits per heavy atom. The summed E-state index contributed by atoms with van der Waals surface area (Å²) in [6.07, 6.45) is 4.27. The summed E-state index contributed by atoms with van der Waals surface area (Å²) >= 11 is 0. The highest BCUT2D eigenvalue weighted by Gasteiger charge is 2.49. The SMILES string of the molecule is CCc1c(F)ccc2cc(O)cc(-c3ncc4c(N5CCCC(C(=O)OC)C5)nc(OC[C@@]56CCCN5C[C@H](F)C6)nc4c3F)c12. The topological polar surface area (TPSA) is 101 Å². The summed E-state index contributed by atoms with van der Waals surface area (Å²) in [6.45, 7) is 3.97. The second-order valence-corrected chi connectivity index (χ2v) is 12.7. The summed E-state index contributed by atoms with van der Waals surface area (Å²) in [4.78, 5) is 30.2. The fourth-order valence-electron chi connectivity index (χ4n) is 7.72. The van der Waals surface area contributed by atoms with Crippen molar-refractivity contribution < 1.29 is 32.5 Å². The smallest absolute Gasteiger partial charge is 0.319 e. The lowest BCUT2D eigenvalue weighted by Crippen LogP contribution is -2.43. The van der Waals surface area contributed by atoms with Crippen LogP contribution in [0.2, 0.25) is 0 Å². The number of piperidine rings is 1. The number of methoxy groups -OCH3 is 1. The second kappa shape index (κ2) is 11.9. The summed E-state index contributed by atoms with van der Waals surface area (Å²) in [5, 5.41) is 11.9. The average Bonchev–Trinajstić information content (AvgIpc) is 3.59. The molecule has 3 aliphatic rings. The van der Waals surface area contributed by atoms with E-state index < -0.39 is 29.3 Å². The van der Waals surface area contributed by atoms with Crippen LogP contribution in [0.15, 0.2) is 30.5 Å². The number of esters is 1. The molecule has 2 aromatic carbocycles. The number of nitrogens with zero attached hydrogens (tertiary/aromatic N) is 5. The van der Waals surface area contributed by atoms with Crippen molar-refractivity contribution in [1.82, 2.24) is 19.9 Å². The Morgan fingerprint density at radius 3 is 2.80 bits per heavy atom. The van der Waals surface area contributed by atoms with Crippen LogP contribution in [0.1, 0.15) is 44.6 Å². The van der Waals surface area contributed by atoms with Gasteiger partial charge >= 0.3 is 12.0 Å². The first kappa shape index (κ1) is 30.5. The van der Waals surface area contributed by atoms with E-state index in [1.807, 2.05) is 11.8 Å². The molecule has 0 radical (unpaired) electrons. The number of pyridine rings is 1. The fourth-order valence-corrected chi connectivity index (χ4v) is 7.72. The minimum Gasteiger partial charge on any atom is -0.508 e. The molecule has 9 nitrogen and oxygen atoms in total. The van der Waals surface area contributed by atoms with Gasteiger partial charge in [0, 0.05) is 37.8 Å². The summed E-state index contributed by atoms with van der Waals surface area (Å²) in [5.41, 5.74) is -0.0232. The third kappa shape index (κ3) is 5.16. The molecule has 0 amide bonds. The molecule has 46 heavy (non-hydrogen) atoms. The van der Waals surface area contributed by atoms with E-state index in [1.165, 1.54) is 31.5 Å². The normalized spacial score (nSPS) is 23.3. The monoisotopic (exact) mass is 635 g/mol. The van der Waals surface area contributed by atoms with Crippen molar-refractivity contribution in [3.8, 4) is 23.0 Å². The van der Waals surface area contributed by atoms with E-state index in [-0.39, 0.29) is 41.1 Å². The first-order valence-electron chi connectivity index (χ1n) is 15.9. The van der Waals surface area contributed by atoms with Crippen LogP contribution < -0.4 is 9.64 Å². The number of benzene rings is 2. The van der Waals surface area contributed by atoms with Crippen molar-refractivity contribution in [3.63, 3.8) is 0 Å². The zero-order valence-corrected chi connectivity index (χ0v) is 25.9. The Morgan fingerprint density at radius 1 is 1.15 bits per heavy atom. The molecule has 0 bridgehead atoms. The van der Waals surface area contributed by atoms with Crippen LogP contribution in [-0.4, -0.2) is 82.5 Å². The van der Waals surface area contributed by atoms with Gasteiger partial charge in [-0.05, 0) is 73.2 Å². The molecule has 1 N–H and O–H groups in total. The van der Waals surface area contributed by atoms with Crippen LogP contribution in [0.25, 0.3) is 32.9 Å². The molecule has 3 aliphatic heterocycles. The quantitative estimate of drug-likeness (QED) is 0.255. The minimum absolute atomic E-state index is 0.0632. The Labute approximate surface area is 264 Å². The molecule has 4 aromatic rings. The molecular formula is C34H36F3N5O4. The van der Waals surface area contributed by atoms with Gasteiger partial charge in [0.1, 0.15) is 41.4 Å². The predicted molar refractivity (Wildman–Crippen MR) is 167 cm³/mol. The van der Waals surface area contributed by atoms with Crippen molar-refractivity contribution >= 4 is 33.5 Å². The maximum absolute atomic E-state index is 16.8. The maximum Gasteiger partial charge on any atom is 0.319 e. The van der Waals surface area contributed by atoms with Crippen LogP contribution in [0.3, 0.4) is 0 Å². The van der Waals surface area contributed by atoms with Crippen molar-refractivity contribution in [2.45, 2.75) is 57.2 Å². The van der Waals surface area contributed by atoms with E-state index in [1.54, 1.807) is 6.07 Å². The number of phenols is 1. The predicted octanol–water partition coefficient (Wildman–Crippen LogP) is 5.74. The number of aromatic hydroxyl groups is 1. The zero-order chi connectivity index (χ0) is 32.2. The molecular weight excluding hydrogens is 599 g/mol. The van der Waals surface area contributed by atoms with Crippen molar-refractivity contribution in [2.24, 2.45) is 5.92 Å². The van der Waals surface area contributed by atoms with Gasteiger partial charge in [0.25, 0.3) is 0 Å². The maximum atomic E-state index is 16.8. The van der Waals surface area contributed by atoms with Crippen LogP contribution >= 0.6 is 0 Å². The highest BCUT2D eigenvalue weighted by atomic mass is 19.1. The average molecular weight is 636 g/mol. The number of hydrogen-bond donors (Lipinski definition) is 1. The number of fused-ring (bicyclic) bond motifs is 3. The van der Waals surface area contributed by atoms with E-state index in [0.29, 0.717) is 72.9 Å². The highest BCUT2D eigenvalue weighted by molar-refractivity contribution is 6.01. The number of hydrogen-bond acceptors (Lipinski definition) is 9. The first-order chi connectivity index (χ1) is 22.2. The van der Waals surface area contributed by atoms with E-state index in [4.69, 9.17) is 14.5 Å². The van der Waals surface area contributed by atoms with Gasteiger partial charge in [-0.3, -0.25) is 14.7 Å². The second-order valence-electron chi connectivity index (χ2n) is 12.7. The van der Waals surface area contributed by atoms with Crippen molar-refractivity contribution in [1.29, 1.82) is 0 Å². The molecule has 1 unspecified atom stereocenters. The van der Waals surface area contributed by atoms with Gasteiger partial charge in [0.05, 0.1) is 24.0 Å². The molecule has 0 aliphatic carbocycles. The lowest BCUT2D eigenvalue weighted by molar-refractivity contribution is -0.145. The minimum atomic E-state index is -0.943. The van der Waals surface area contributed by atoms with Gasteiger partial charge < -0.3 is 19.5 Å². The number of anilines is 1. The standard InChI is InChI=1S/C34H36F3N5O4/c1-3-23-26(36)8-7-19-12-22(43)13-24(27(19)23)29-28(37)30-25(15-38-29)31(41-10-4-6-20(16-41)32(44)45-2)40-33(39-30)46-18-34-9-5-11-42(34)17-21(35)14-34/h7-8,12-13,15,20-21,43H,3-6,9-11,14,16-18H2,1-2H3/t20?,21-,34+/m1/s1. The van der Waals surface area contributed by atoms with E-state index in [2.05, 4.69) is 14.9 Å². The number of rotatable bonds is 7. The Kier molecular flexibility index (Phi) is 7.86. The van der Waals surface area contributed by atoms with E-state index in [0.717, 1.165) is 19.4 Å². The third-order valence-electron chi connectivity index (χ3n) is 9.89. The first-order valence-corrected chi connectivity index (χ1v) is 15.9. The molecule has 0 saturated carbocycles. The largest absolute Gasteiger partial charge is 0.508 e. The summed E-state index contributed by atoms with van der Waals surface area (Å²) in [5.74, 6) is -1.69. The fraction of sp³-hybridized carbons (Fsp3) is 0.471. The molecule has 2 aromatic heterocycles. The number of ether oxygens (including phenoxy) is 2. The van der Waals surface area contributed by atoms with Gasteiger partial charge in [-0.25, -0.2) is 13.2 Å². The van der Waals surface area contributed by atoms with Crippen molar-refractivity contribution in [2.75, 3.05) is 44.8 Å². The lowest BCUT2D eigenvalue weighted by atomic mass is 9.94. The Bertz CT molecular complexity index is 1840. The molecule has 12 heteroatoms. The summed E-state index contributed by atoms with van der Waals surface area (Å²) < 4.78 is 57.4. The lowest BCUT2D eigenvalue weighted by Gasteiger charge is -2.33. The number of halogens is 3. The molecule has 242 valence electrons. The number of phenolic OH excluding ortho intramolecular Hbond substituents is 1. The van der Waals surface area contributed by atoms with E-state index >= 15 is 4.39 Å². The molecule has 0 spiro atoms. The van der Waals surface area contributed by atoms with Crippen LogP contribution in [0.5, 0.6) is 11.8 Å². The highest BCUT2D eigenvalue weighted by Crippen LogP contribution is 2.42. The van der Waals surface area contributed by atoms with Crippen LogP contribution in [-0.2, 0) is 16.0 Å². The molecule has 7 rings (SSSR count). The zero-order valence-electron chi connectivity index (χ0n) is 25.9. The number of aryl methyl sites for hydroxylation is 1. The number of carbonyl (C=O) groups is 1. The van der Waals surface area contributed by atoms with E-state index in [9.17, 15) is 18.7 Å². The van der Waals surface area contributed by atoms with Crippen LogP contribution in [0.4, 0.5) is 19.0 Å². The van der Waals surface area contributed by atoms with Gasteiger partial charge in [-0.2, -0.15) is 9.97 Å². The van der Waals surface area contributed by atoms with Gasteiger partial charge in [-0.1, -0.05) is 13.0 Å². The molecule has 3 saturated heterocycles. The number of carbonyl (C=O) groups excluding carboxylic acids is 1. The molecule has 5 heterocycles. The summed E-state index contributed by atoms with van der Waals surface area (Å²) in [6, 6.07) is 5.70. The number of aromatic nitrogens is 3. The van der Waals surface area contributed by atoms with Gasteiger partial charge in [0.15, 0.2) is 5.82 Å². The van der Waals surface area contributed by atoms with Gasteiger partial charge in [-0.15, -0.1) is 0 Å². The van der Waals surface area contributed by atoms with Gasteiger partial charge in [0.2, 0.25) is 0 Å².